The first-order valence-corrected chi connectivity index (χ1v) is 23.1. The van der Waals surface area contributed by atoms with Crippen molar-refractivity contribution >= 4 is 101 Å². The number of fused-ring (bicyclic) bond motifs is 2. The van der Waals surface area contributed by atoms with Crippen molar-refractivity contribution in [1.29, 1.82) is 0 Å². The molecule has 5 N–H and O–H groups in total. The average Bonchev–Trinajstić information content (AvgIpc) is 3.86. The monoisotopic (exact) mass is 1030 g/mol. The summed E-state index contributed by atoms with van der Waals surface area (Å²) < 4.78 is 104. The van der Waals surface area contributed by atoms with Gasteiger partial charge in [-0.2, -0.15) is 0 Å². The van der Waals surface area contributed by atoms with Crippen molar-refractivity contribution < 1.29 is 44.0 Å². The van der Waals surface area contributed by atoms with Crippen LogP contribution in [-0.4, -0.2) is 38.6 Å². The Hall–Kier alpha value is -4.89. The third-order valence-electron chi connectivity index (χ3n) is 9.66. The summed E-state index contributed by atoms with van der Waals surface area (Å²) >= 11 is 11.4. The lowest BCUT2D eigenvalue weighted by molar-refractivity contribution is 0.101. The van der Waals surface area contributed by atoms with Crippen LogP contribution in [0.4, 0.5) is 28.9 Å². The van der Waals surface area contributed by atoms with Gasteiger partial charge in [0.05, 0.1) is 16.1 Å². The number of rotatable bonds is 8. The third-order valence-corrected chi connectivity index (χ3v) is 12.8. The molecule has 0 fully saturated rings. The number of carbonyl (C=O) groups excluding carboxylic acids is 2. The number of pyridine rings is 2. The van der Waals surface area contributed by atoms with Crippen molar-refractivity contribution in [2.24, 2.45) is 5.73 Å². The molecule has 344 valence electrons. The molecule has 0 saturated heterocycles. The van der Waals surface area contributed by atoms with Gasteiger partial charge < -0.3 is 16.4 Å². The number of halogens is 9. The summed E-state index contributed by atoms with van der Waals surface area (Å²) in [4.78, 5) is 32.5. The number of benzene rings is 4. The summed E-state index contributed by atoms with van der Waals surface area (Å²) in [6.45, 7) is 0. The molecule has 0 unspecified atom stereocenters. The standard InChI is InChI=1S/C21H16ClF2N3O3S.C16H13ClF2N2O.C5H4ClNO2S.2ClH/c22-15-11-12(4-7-16(15)23)26-21(28)14-5-8-17(24)20-13(14)6-9-18(20)27-31(29,30)19-3-1-2-10-25-19;17-11-7-8(1-4-12(11)18)21-16(22)10-2-5-13(19)15-9(10)3-6-14(15)20;6-10(8,9)5-3-1-2-4-7-5;;/h1-5,7-8,10-11,18,27H,6,9H2,(H,26,28);1-2,4-5,7,14H,3,6,20H2,(H,21,22);1-4H;2*1H/t18-;14-;;;/m00.../s1. The first-order valence-electron chi connectivity index (χ1n) is 18.5. The molecule has 0 spiro atoms. The summed E-state index contributed by atoms with van der Waals surface area (Å²) in [5.41, 5.74) is 8.70. The number of hydrogen-bond acceptors (Lipinski definition) is 9. The zero-order valence-electron chi connectivity index (χ0n) is 33.1. The van der Waals surface area contributed by atoms with E-state index in [2.05, 4.69) is 25.3 Å². The van der Waals surface area contributed by atoms with Gasteiger partial charge in [0.1, 0.15) is 23.3 Å². The molecular formula is C42H35Cl5F4N6O6S2. The van der Waals surface area contributed by atoms with E-state index in [9.17, 15) is 44.0 Å². The normalized spacial score (nSPS) is 14.7. The van der Waals surface area contributed by atoms with Gasteiger partial charge >= 0.3 is 0 Å². The summed E-state index contributed by atoms with van der Waals surface area (Å²) in [6, 6.07) is 20.5. The predicted octanol–water partition coefficient (Wildman–Crippen LogP) is 9.90. The average molecular weight is 1040 g/mol. The molecule has 4 aromatic carbocycles. The molecule has 0 saturated carbocycles. The number of amides is 2. The SMILES string of the molecule is Cl.Cl.N[C@H]1CCc2c(C(=O)Nc3ccc(F)c(Cl)c3)ccc(F)c21.O=C(Nc1ccc(F)c(Cl)c1)c1ccc(F)c2c1CC[C@@H]2NS(=O)(=O)c1ccccn1.O=S(=O)(Cl)c1ccccn1. The topological polar surface area (TPSA) is 190 Å². The van der Waals surface area contributed by atoms with E-state index in [4.69, 9.17) is 39.6 Å². The van der Waals surface area contributed by atoms with Crippen LogP contribution in [-0.2, 0) is 31.9 Å². The van der Waals surface area contributed by atoms with Crippen LogP contribution in [0.15, 0.2) is 120 Å². The maximum atomic E-state index is 14.6. The van der Waals surface area contributed by atoms with E-state index in [1.165, 1.54) is 79.1 Å². The van der Waals surface area contributed by atoms with Crippen molar-refractivity contribution in [3.63, 3.8) is 0 Å². The van der Waals surface area contributed by atoms with E-state index in [0.717, 1.165) is 12.1 Å². The van der Waals surface area contributed by atoms with E-state index in [0.29, 0.717) is 47.2 Å². The molecule has 0 aliphatic heterocycles. The Morgan fingerprint density at radius 3 is 1.51 bits per heavy atom. The Kier molecular flexibility index (Phi) is 18.3. The van der Waals surface area contributed by atoms with Crippen LogP contribution in [0.1, 0.15) is 67.9 Å². The Labute approximate surface area is 397 Å². The zero-order chi connectivity index (χ0) is 45.6. The molecule has 2 atom stereocenters. The minimum absolute atomic E-state index is 0. The molecule has 0 radical (unpaired) electrons. The highest BCUT2D eigenvalue weighted by atomic mass is 35.7. The number of carbonyl (C=O) groups is 2. The maximum Gasteiger partial charge on any atom is 0.278 e. The Morgan fingerprint density at radius 2 is 1.06 bits per heavy atom. The number of nitrogens with zero attached hydrogens (tertiary/aromatic N) is 2. The minimum Gasteiger partial charge on any atom is -0.324 e. The van der Waals surface area contributed by atoms with Gasteiger partial charge in [-0.05, 0) is 122 Å². The van der Waals surface area contributed by atoms with Crippen molar-refractivity contribution in [3.05, 3.63) is 176 Å². The van der Waals surface area contributed by atoms with E-state index in [1.54, 1.807) is 18.2 Å². The van der Waals surface area contributed by atoms with E-state index in [-0.39, 0.29) is 80.0 Å². The fourth-order valence-electron chi connectivity index (χ4n) is 6.80. The molecule has 2 aliphatic carbocycles. The largest absolute Gasteiger partial charge is 0.324 e. The van der Waals surface area contributed by atoms with Gasteiger partial charge in [-0.25, -0.2) is 49.1 Å². The highest BCUT2D eigenvalue weighted by Gasteiger charge is 2.34. The van der Waals surface area contributed by atoms with Gasteiger partial charge in [0.25, 0.3) is 30.9 Å². The van der Waals surface area contributed by atoms with Gasteiger partial charge in [0.2, 0.25) is 0 Å². The number of aromatic nitrogens is 2. The Balaban J connectivity index is 0.000000237. The van der Waals surface area contributed by atoms with E-state index in [1.807, 2.05) is 0 Å². The van der Waals surface area contributed by atoms with Crippen LogP contribution >= 0.6 is 58.7 Å². The number of nitrogens with one attached hydrogen (secondary N) is 3. The summed E-state index contributed by atoms with van der Waals surface area (Å²) in [7, 11) is -2.65. The maximum absolute atomic E-state index is 14.6. The zero-order valence-corrected chi connectivity index (χ0v) is 38.6. The van der Waals surface area contributed by atoms with E-state index >= 15 is 0 Å². The van der Waals surface area contributed by atoms with Crippen LogP contribution in [0.25, 0.3) is 0 Å². The predicted molar refractivity (Wildman–Crippen MR) is 244 cm³/mol. The van der Waals surface area contributed by atoms with Crippen LogP contribution in [0, 0.1) is 23.3 Å². The fraction of sp³-hybridized carbons (Fsp3) is 0.143. The van der Waals surface area contributed by atoms with Crippen molar-refractivity contribution in [1.82, 2.24) is 14.7 Å². The van der Waals surface area contributed by atoms with E-state index < -0.39 is 54.4 Å². The van der Waals surface area contributed by atoms with Gasteiger partial charge in [-0.15, -0.1) is 24.8 Å². The lowest BCUT2D eigenvalue weighted by atomic mass is 10.0. The fourth-order valence-corrected chi connectivity index (χ4v) is 9.05. The molecule has 2 amide bonds. The second-order valence-electron chi connectivity index (χ2n) is 13.8. The van der Waals surface area contributed by atoms with Gasteiger partial charge in [0, 0.05) is 62.7 Å². The Bertz CT molecular complexity index is 2930. The minimum atomic E-state index is -3.97. The van der Waals surface area contributed by atoms with Crippen LogP contribution in [0.5, 0.6) is 0 Å². The summed E-state index contributed by atoms with van der Waals surface area (Å²) in [6.07, 6.45) is 4.47. The molecule has 0 bridgehead atoms. The first kappa shape index (κ1) is 52.7. The quantitative estimate of drug-likeness (QED) is 0.0849. The molecule has 2 heterocycles. The van der Waals surface area contributed by atoms with Crippen molar-refractivity contribution in [3.8, 4) is 0 Å². The molecule has 2 aromatic heterocycles. The van der Waals surface area contributed by atoms with Crippen LogP contribution < -0.4 is 21.1 Å². The second-order valence-corrected chi connectivity index (χ2v) is 18.8. The third kappa shape index (κ3) is 12.9. The molecule has 12 nitrogen and oxygen atoms in total. The number of nitrogens with two attached hydrogens (primary N) is 1. The number of hydrogen-bond donors (Lipinski definition) is 4. The van der Waals surface area contributed by atoms with Crippen molar-refractivity contribution in [2.45, 2.75) is 47.8 Å². The lowest BCUT2D eigenvalue weighted by Gasteiger charge is -2.16. The van der Waals surface area contributed by atoms with Gasteiger partial charge in [-0.3, -0.25) is 9.59 Å². The molecule has 8 rings (SSSR count). The van der Waals surface area contributed by atoms with Gasteiger partial charge in [-0.1, -0.05) is 35.3 Å². The molecule has 6 aromatic rings. The van der Waals surface area contributed by atoms with Crippen LogP contribution in [0.2, 0.25) is 10.0 Å². The molecular weight excluding hydrogens is 1000 g/mol. The first-order chi connectivity index (χ1) is 29.8. The Morgan fingerprint density at radius 1 is 0.615 bits per heavy atom. The highest BCUT2D eigenvalue weighted by molar-refractivity contribution is 8.13. The molecule has 23 heteroatoms. The van der Waals surface area contributed by atoms with Crippen molar-refractivity contribution in [2.75, 3.05) is 10.6 Å². The number of anilines is 2. The molecule has 2 aliphatic rings. The lowest BCUT2D eigenvalue weighted by Crippen LogP contribution is -2.28. The summed E-state index contributed by atoms with van der Waals surface area (Å²) in [5, 5.41) is 4.72. The number of sulfonamides is 1. The summed E-state index contributed by atoms with van der Waals surface area (Å²) in [5.74, 6) is -3.11. The smallest absolute Gasteiger partial charge is 0.278 e. The van der Waals surface area contributed by atoms with Gasteiger partial charge in [0.15, 0.2) is 10.1 Å². The second kappa shape index (κ2) is 22.5. The molecule has 65 heavy (non-hydrogen) atoms. The van der Waals surface area contributed by atoms with Crippen LogP contribution in [0.3, 0.4) is 0 Å². The highest BCUT2D eigenvalue weighted by Crippen LogP contribution is 2.37.